The summed E-state index contributed by atoms with van der Waals surface area (Å²) in [6.07, 6.45) is 0. The molecule has 0 unspecified atom stereocenters. The molecule has 0 spiro atoms. The first-order chi connectivity index (χ1) is 11.4. The minimum atomic E-state index is -0.935. The van der Waals surface area contributed by atoms with Crippen molar-refractivity contribution in [2.75, 3.05) is 19.5 Å². The fourth-order valence-corrected chi connectivity index (χ4v) is 2.96. The first-order valence-electron chi connectivity index (χ1n) is 6.83. The van der Waals surface area contributed by atoms with Gasteiger partial charge < -0.3 is 10.5 Å². The van der Waals surface area contributed by atoms with E-state index in [1.165, 1.54) is 11.7 Å². The maximum absolute atomic E-state index is 12.6. The van der Waals surface area contributed by atoms with Gasteiger partial charge in [-0.1, -0.05) is 23.4 Å². The van der Waals surface area contributed by atoms with E-state index in [4.69, 9.17) is 22.1 Å². The van der Waals surface area contributed by atoms with Crippen LogP contribution in [-0.2, 0) is 16.1 Å². The zero-order chi connectivity index (χ0) is 17.7. The Balaban J connectivity index is 2.39. The smallest absolute Gasteiger partial charge is 0.318 e. The van der Waals surface area contributed by atoms with Crippen LogP contribution in [0.1, 0.15) is 0 Å². The number of ether oxygens (including phenoxy) is 1. The second-order valence-electron chi connectivity index (χ2n) is 4.71. The van der Waals surface area contributed by atoms with Gasteiger partial charge in [-0.25, -0.2) is 9.78 Å². The Morgan fingerprint density at radius 1 is 1.46 bits per heavy atom. The summed E-state index contributed by atoms with van der Waals surface area (Å²) in [5.41, 5.74) is 5.06. The van der Waals surface area contributed by atoms with Gasteiger partial charge in [0.1, 0.15) is 0 Å². The van der Waals surface area contributed by atoms with E-state index in [2.05, 4.69) is 4.98 Å². The maximum atomic E-state index is 12.6. The third-order valence-corrected chi connectivity index (χ3v) is 4.21. The molecule has 2 aromatic rings. The number of amides is 3. The van der Waals surface area contributed by atoms with Crippen LogP contribution >= 0.6 is 23.4 Å². The molecule has 3 N–H and O–H groups in total. The lowest BCUT2D eigenvalue weighted by Gasteiger charge is -2.12. The number of thioether (sulfide) groups is 1. The van der Waals surface area contributed by atoms with Gasteiger partial charge in [-0.05, 0) is 18.2 Å². The first kappa shape index (κ1) is 18.2. The summed E-state index contributed by atoms with van der Waals surface area (Å²) in [7, 11) is 1.52. The molecule has 0 saturated carbocycles. The zero-order valence-corrected chi connectivity index (χ0v) is 14.3. The number of nitrogens with one attached hydrogen (secondary N) is 1. The summed E-state index contributed by atoms with van der Waals surface area (Å²) in [4.78, 5) is 39.3. The van der Waals surface area contributed by atoms with Gasteiger partial charge in [-0.3, -0.25) is 19.5 Å². The highest BCUT2D eigenvalue weighted by atomic mass is 35.5. The number of hydrogen-bond donors (Lipinski definition) is 2. The third kappa shape index (κ3) is 4.47. The Kier molecular flexibility index (Phi) is 6.18. The van der Waals surface area contributed by atoms with Crippen LogP contribution in [0.15, 0.2) is 28.2 Å². The standard InChI is InChI=1S/C14H15ClN4O4S/c1-23-5-4-19-12(21)9-3-2-8(15)6-10(9)17-14(19)24-7-11(20)18-13(16)22/h2-3,6H,4-5,7H2,1H3,(H3,16,18,20,22). The predicted octanol–water partition coefficient (Wildman–Crippen LogP) is 0.983. The van der Waals surface area contributed by atoms with E-state index in [-0.39, 0.29) is 17.9 Å². The number of nitrogens with zero attached hydrogens (tertiary/aromatic N) is 2. The van der Waals surface area contributed by atoms with Crippen LogP contribution in [0.3, 0.4) is 0 Å². The van der Waals surface area contributed by atoms with Crippen molar-refractivity contribution in [3.63, 3.8) is 0 Å². The molecule has 24 heavy (non-hydrogen) atoms. The number of urea groups is 1. The lowest BCUT2D eigenvalue weighted by atomic mass is 10.2. The average Bonchev–Trinajstić information content (AvgIpc) is 2.51. The van der Waals surface area contributed by atoms with Crippen molar-refractivity contribution in [3.8, 4) is 0 Å². The summed E-state index contributed by atoms with van der Waals surface area (Å²) in [6.45, 7) is 0.586. The third-order valence-electron chi connectivity index (χ3n) is 3.00. The fraction of sp³-hybridized carbons (Fsp3) is 0.286. The molecule has 10 heteroatoms. The summed E-state index contributed by atoms with van der Waals surface area (Å²) >= 11 is 6.96. The fourth-order valence-electron chi connectivity index (χ4n) is 1.97. The van der Waals surface area contributed by atoms with E-state index in [9.17, 15) is 14.4 Å². The van der Waals surface area contributed by atoms with Gasteiger partial charge in [-0.15, -0.1) is 0 Å². The largest absolute Gasteiger partial charge is 0.383 e. The van der Waals surface area contributed by atoms with Crippen molar-refractivity contribution < 1.29 is 14.3 Å². The van der Waals surface area contributed by atoms with Gasteiger partial charge in [0.2, 0.25) is 5.91 Å². The number of imide groups is 1. The number of fused-ring (bicyclic) bond motifs is 1. The monoisotopic (exact) mass is 370 g/mol. The number of carbonyl (C=O) groups is 2. The van der Waals surface area contributed by atoms with E-state index >= 15 is 0 Å². The number of methoxy groups -OCH3 is 1. The molecule has 1 heterocycles. The molecular formula is C14H15ClN4O4S. The van der Waals surface area contributed by atoms with E-state index in [0.717, 1.165) is 11.8 Å². The van der Waals surface area contributed by atoms with Crippen LogP contribution < -0.4 is 16.6 Å². The molecule has 2 rings (SSSR count). The van der Waals surface area contributed by atoms with Crippen molar-refractivity contribution >= 4 is 46.2 Å². The maximum Gasteiger partial charge on any atom is 0.318 e. The van der Waals surface area contributed by atoms with Crippen LogP contribution in [0, 0.1) is 0 Å². The van der Waals surface area contributed by atoms with E-state index < -0.39 is 11.9 Å². The van der Waals surface area contributed by atoms with Gasteiger partial charge >= 0.3 is 6.03 Å². The molecule has 0 saturated heterocycles. The van der Waals surface area contributed by atoms with Gasteiger partial charge in [-0.2, -0.15) is 0 Å². The van der Waals surface area contributed by atoms with Crippen molar-refractivity contribution in [1.29, 1.82) is 0 Å². The van der Waals surface area contributed by atoms with Crippen molar-refractivity contribution in [2.45, 2.75) is 11.7 Å². The Morgan fingerprint density at radius 3 is 2.88 bits per heavy atom. The number of hydrogen-bond acceptors (Lipinski definition) is 6. The number of rotatable bonds is 6. The zero-order valence-electron chi connectivity index (χ0n) is 12.7. The average molecular weight is 371 g/mol. The summed E-state index contributed by atoms with van der Waals surface area (Å²) in [6, 6.07) is 3.85. The minimum Gasteiger partial charge on any atom is -0.383 e. The van der Waals surface area contributed by atoms with Crippen LogP contribution in [0.25, 0.3) is 10.9 Å². The van der Waals surface area contributed by atoms with Gasteiger partial charge in [0.05, 0.1) is 29.8 Å². The predicted molar refractivity (Wildman–Crippen MR) is 91.3 cm³/mol. The second-order valence-corrected chi connectivity index (χ2v) is 6.09. The molecule has 0 bridgehead atoms. The summed E-state index contributed by atoms with van der Waals surface area (Å²) in [5, 5.41) is 3.15. The van der Waals surface area contributed by atoms with E-state index in [0.29, 0.717) is 27.7 Å². The van der Waals surface area contributed by atoms with Crippen molar-refractivity contribution in [2.24, 2.45) is 5.73 Å². The number of carbonyl (C=O) groups excluding carboxylic acids is 2. The Hall–Kier alpha value is -2.10. The molecule has 0 atom stereocenters. The molecule has 0 fully saturated rings. The molecule has 0 radical (unpaired) electrons. The molecular weight excluding hydrogens is 356 g/mol. The minimum absolute atomic E-state index is 0.117. The number of primary amides is 1. The molecule has 8 nitrogen and oxygen atoms in total. The topological polar surface area (TPSA) is 116 Å². The van der Waals surface area contributed by atoms with Gasteiger partial charge in [0.25, 0.3) is 5.56 Å². The SMILES string of the molecule is COCCn1c(SCC(=O)NC(N)=O)nc2cc(Cl)ccc2c1=O. The van der Waals surface area contributed by atoms with Crippen molar-refractivity contribution in [1.82, 2.24) is 14.9 Å². The molecule has 0 aliphatic rings. The van der Waals surface area contributed by atoms with Crippen LogP contribution in [0.5, 0.6) is 0 Å². The Labute approximate surface area is 146 Å². The van der Waals surface area contributed by atoms with E-state index in [1.807, 2.05) is 5.32 Å². The molecule has 1 aromatic heterocycles. The highest BCUT2D eigenvalue weighted by Gasteiger charge is 2.14. The van der Waals surface area contributed by atoms with E-state index in [1.54, 1.807) is 18.2 Å². The summed E-state index contributed by atoms with van der Waals surface area (Å²) < 4.78 is 6.43. The van der Waals surface area contributed by atoms with Crippen LogP contribution in [-0.4, -0.2) is 41.0 Å². The highest BCUT2D eigenvalue weighted by Crippen LogP contribution is 2.20. The Morgan fingerprint density at radius 2 is 2.21 bits per heavy atom. The summed E-state index contributed by atoms with van der Waals surface area (Å²) in [5.74, 6) is -0.694. The quantitative estimate of drug-likeness (QED) is 0.578. The van der Waals surface area contributed by atoms with Gasteiger partial charge in [0, 0.05) is 12.1 Å². The second kappa shape index (κ2) is 8.13. The molecule has 128 valence electrons. The normalized spacial score (nSPS) is 10.8. The first-order valence-corrected chi connectivity index (χ1v) is 8.20. The van der Waals surface area contributed by atoms with Crippen LogP contribution in [0.4, 0.5) is 4.79 Å². The Bertz CT molecular complexity index is 839. The lowest BCUT2D eigenvalue weighted by molar-refractivity contribution is -0.117. The number of halogens is 1. The highest BCUT2D eigenvalue weighted by molar-refractivity contribution is 7.99. The molecule has 0 aliphatic heterocycles. The van der Waals surface area contributed by atoms with Crippen molar-refractivity contribution in [3.05, 3.63) is 33.6 Å². The van der Waals surface area contributed by atoms with Crippen LogP contribution in [0.2, 0.25) is 5.02 Å². The lowest BCUT2D eigenvalue weighted by Crippen LogP contribution is -2.36. The molecule has 0 aliphatic carbocycles. The van der Waals surface area contributed by atoms with Gasteiger partial charge in [0.15, 0.2) is 5.16 Å². The number of benzene rings is 1. The number of aromatic nitrogens is 2. The molecule has 1 aromatic carbocycles. The number of nitrogens with two attached hydrogens (primary N) is 1. The molecule has 3 amide bonds.